The maximum absolute atomic E-state index is 11.2. The Labute approximate surface area is 143 Å². The lowest BCUT2D eigenvalue weighted by atomic mass is 9.93. The van der Waals surface area contributed by atoms with Gasteiger partial charge in [-0.1, -0.05) is 6.92 Å². The van der Waals surface area contributed by atoms with E-state index in [1.54, 1.807) is 21.3 Å². The van der Waals surface area contributed by atoms with Crippen molar-refractivity contribution in [2.45, 2.75) is 32.2 Å². The zero-order valence-electron chi connectivity index (χ0n) is 14.9. The Kier molecular flexibility index (Phi) is 6.31. The molecule has 2 rings (SSSR count). The van der Waals surface area contributed by atoms with Gasteiger partial charge in [0.05, 0.1) is 27.2 Å². The number of benzene rings is 1. The highest BCUT2D eigenvalue weighted by Gasteiger charge is 2.30. The summed E-state index contributed by atoms with van der Waals surface area (Å²) >= 11 is 0. The minimum absolute atomic E-state index is 0.162. The molecule has 24 heavy (non-hydrogen) atoms. The first kappa shape index (κ1) is 18.4. The van der Waals surface area contributed by atoms with Crippen LogP contribution in [0.25, 0.3) is 0 Å². The molecule has 1 aromatic carbocycles. The summed E-state index contributed by atoms with van der Waals surface area (Å²) in [6.07, 6.45) is 2.27. The summed E-state index contributed by atoms with van der Waals surface area (Å²) in [4.78, 5) is 13.5. The predicted octanol–water partition coefficient (Wildman–Crippen LogP) is 2.96. The summed E-state index contributed by atoms with van der Waals surface area (Å²) in [5.41, 5.74) is 1.05. The van der Waals surface area contributed by atoms with E-state index in [9.17, 15) is 9.90 Å². The van der Waals surface area contributed by atoms with E-state index >= 15 is 0 Å². The van der Waals surface area contributed by atoms with Crippen LogP contribution in [0.15, 0.2) is 12.1 Å². The lowest BCUT2D eigenvalue weighted by molar-refractivity contribution is -0.143. The summed E-state index contributed by atoms with van der Waals surface area (Å²) in [6.45, 7) is 3.67. The molecule has 0 spiro atoms. The van der Waals surface area contributed by atoms with E-state index in [4.69, 9.17) is 14.2 Å². The molecule has 1 unspecified atom stereocenters. The molecule has 1 fully saturated rings. The van der Waals surface area contributed by atoms with Gasteiger partial charge in [-0.2, -0.15) is 0 Å². The number of piperidine rings is 1. The van der Waals surface area contributed by atoms with Crippen LogP contribution >= 0.6 is 0 Å². The molecule has 1 saturated heterocycles. The van der Waals surface area contributed by atoms with Crippen LogP contribution in [0.5, 0.6) is 17.2 Å². The number of hydrogen-bond donors (Lipinski definition) is 1. The van der Waals surface area contributed by atoms with Crippen LogP contribution in [0.4, 0.5) is 0 Å². The molecule has 1 aromatic rings. The molecule has 6 heteroatoms. The van der Waals surface area contributed by atoms with Crippen molar-refractivity contribution in [3.05, 3.63) is 17.7 Å². The fourth-order valence-electron chi connectivity index (χ4n) is 3.45. The number of aliphatic carboxylic acids is 1. The average Bonchev–Trinajstić information content (AvgIpc) is 2.62. The topological polar surface area (TPSA) is 68.2 Å². The lowest BCUT2D eigenvalue weighted by Crippen LogP contribution is -2.38. The van der Waals surface area contributed by atoms with E-state index < -0.39 is 5.97 Å². The van der Waals surface area contributed by atoms with Crippen LogP contribution in [-0.4, -0.2) is 50.4 Å². The molecular weight excluding hydrogens is 310 g/mol. The van der Waals surface area contributed by atoms with Crippen molar-refractivity contribution in [2.24, 2.45) is 5.92 Å². The Hall–Kier alpha value is -1.95. The van der Waals surface area contributed by atoms with Crippen LogP contribution in [-0.2, 0) is 4.79 Å². The van der Waals surface area contributed by atoms with Crippen LogP contribution < -0.4 is 14.2 Å². The van der Waals surface area contributed by atoms with Gasteiger partial charge < -0.3 is 19.3 Å². The summed E-state index contributed by atoms with van der Waals surface area (Å²) in [7, 11) is 4.87. The largest absolute Gasteiger partial charge is 0.496 e. The molecule has 0 saturated carbocycles. The average molecular weight is 337 g/mol. The summed E-state index contributed by atoms with van der Waals surface area (Å²) < 4.78 is 16.3. The second kappa shape index (κ2) is 8.24. The molecule has 0 radical (unpaired) electrons. The Morgan fingerprint density at radius 2 is 1.67 bits per heavy atom. The van der Waals surface area contributed by atoms with Crippen LogP contribution in [0, 0.1) is 5.92 Å². The van der Waals surface area contributed by atoms with Gasteiger partial charge in [0.25, 0.3) is 0 Å². The van der Waals surface area contributed by atoms with E-state index in [0.29, 0.717) is 24.3 Å². The van der Waals surface area contributed by atoms with Gasteiger partial charge in [-0.05, 0) is 38.4 Å². The maximum Gasteiger partial charge on any atom is 0.306 e. The van der Waals surface area contributed by atoms with E-state index in [1.807, 2.05) is 12.1 Å². The molecule has 1 aliphatic rings. The van der Waals surface area contributed by atoms with Gasteiger partial charge in [-0.3, -0.25) is 9.69 Å². The number of hydrogen-bond acceptors (Lipinski definition) is 5. The molecule has 0 aromatic heterocycles. The predicted molar refractivity (Wildman–Crippen MR) is 91.1 cm³/mol. The normalized spacial score (nSPS) is 17.3. The van der Waals surface area contributed by atoms with E-state index in [1.165, 1.54) is 0 Å². The van der Waals surface area contributed by atoms with Gasteiger partial charge in [-0.15, -0.1) is 0 Å². The zero-order valence-corrected chi connectivity index (χ0v) is 14.9. The highest BCUT2D eigenvalue weighted by atomic mass is 16.5. The SMILES string of the molecule is CCC(c1cc(OC)c(OC)cc1OC)N1CCC(C(=O)O)CC1. The zero-order chi connectivity index (χ0) is 17.7. The van der Waals surface area contributed by atoms with E-state index in [2.05, 4.69) is 11.8 Å². The summed E-state index contributed by atoms with van der Waals surface area (Å²) in [5.74, 6) is 1.15. The first-order valence-electron chi connectivity index (χ1n) is 8.32. The molecule has 6 nitrogen and oxygen atoms in total. The molecule has 0 amide bonds. The van der Waals surface area contributed by atoms with Crippen molar-refractivity contribution in [1.29, 1.82) is 0 Å². The third-order valence-corrected chi connectivity index (χ3v) is 4.80. The van der Waals surface area contributed by atoms with Crippen LogP contribution in [0.1, 0.15) is 37.8 Å². The van der Waals surface area contributed by atoms with Crippen molar-refractivity contribution in [1.82, 2.24) is 4.90 Å². The van der Waals surface area contributed by atoms with Gasteiger partial charge in [0.2, 0.25) is 0 Å². The lowest BCUT2D eigenvalue weighted by Gasteiger charge is -2.37. The molecule has 0 bridgehead atoms. The highest BCUT2D eigenvalue weighted by Crippen LogP contribution is 2.41. The maximum atomic E-state index is 11.2. The second-order valence-electron chi connectivity index (χ2n) is 6.02. The molecule has 1 N–H and O–H groups in total. The number of ether oxygens (including phenoxy) is 3. The Balaban J connectivity index is 2.28. The fourth-order valence-corrected chi connectivity index (χ4v) is 3.45. The minimum Gasteiger partial charge on any atom is -0.496 e. The summed E-state index contributed by atoms with van der Waals surface area (Å²) in [6, 6.07) is 3.98. The Morgan fingerprint density at radius 3 is 2.12 bits per heavy atom. The number of methoxy groups -OCH3 is 3. The molecule has 0 aliphatic carbocycles. The standard InChI is InChI=1S/C18H27NO5/c1-5-14(19-8-6-12(7-9-19)18(20)21)13-10-16(23-3)17(24-4)11-15(13)22-2/h10-12,14H,5-9H2,1-4H3,(H,20,21). The van der Waals surface area contributed by atoms with Gasteiger partial charge in [0.1, 0.15) is 5.75 Å². The molecule has 1 aliphatic heterocycles. The summed E-state index contributed by atoms with van der Waals surface area (Å²) in [5, 5.41) is 9.18. The monoisotopic (exact) mass is 337 g/mol. The minimum atomic E-state index is -0.689. The number of carbonyl (C=O) groups is 1. The first-order valence-corrected chi connectivity index (χ1v) is 8.32. The van der Waals surface area contributed by atoms with Crippen molar-refractivity contribution < 1.29 is 24.1 Å². The number of rotatable bonds is 7. The number of nitrogens with zero attached hydrogens (tertiary/aromatic N) is 1. The number of likely N-dealkylation sites (tertiary alicyclic amines) is 1. The van der Waals surface area contributed by atoms with Crippen LogP contribution in [0.2, 0.25) is 0 Å². The number of carboxylic acid groups (broad SMARTS) is 1. The quantitative estimate of drug-likeness (QED) is 0.825. The molecule has 1 heterocycles. The third-order valence-electron chi connectivity index (χ3n) is 4.80. The number of carboxylic acids is 1. The highest BCUT2D eigenvalue weighted by molar-refractivity contribution is 5.70. The fraction of sp³-hybridized carbons (Fsp3) is 0.611. The Bertz CT molecular complexity index is 567. The van der Waals surface area contributed by atoms with Crippen molar-refractivity contribution in [3.63, 3.8) is 0 Å². The van der Waals surface area contributed by atoms with Crippen molar-refractivity contribution >= 4 is 5.97 Å². The second-order valence-corrected chi connectivity index (χ2v) is 6.02. The molecule has 134 valence electrons. The van der Waals surface area contributed by atoms with Gasteiger partial charge in [-0.25, -0.2) is 0 Å². The van der Waals surface area contributed by atoms with Crippen molar-refractivity contribution in [2.75, 3.05) is 34.4 Å². The van der Waals surface area contributed by atoms with Crippen LogP contribution in [0.3, 0.4) is 0 Å². The van der Waals surface area contributed by atoms with Crippen molar-refractivity contribution in [3.8, 4) is 17.2 Å². The van der Waals surface area contributed by atoms with Gasteiger partial charge in [0, 0.05) is 17.7 Å². The Morgan fingerprint density at radius 1 is 1.12 bits per heavy atom. The smallest absolute Gasteiger partial charge is 0.306 e. The third kappa shape index (κ3) is 3.75. The van der Waals surface area contributed by atoms with E-state index in [-0.39, 0.29) is 12.0 Å². The molecular formula is C18H27NO5. The van der Waals surface area contributed by atoms with E-state index in [0.717, 1.165) is 30.8 Å². The molecule has 1 atom stereocenters. The van der Waals surface area contributed by atoms with Gasteiger partial charge in [0.15, 0.2) is 11.5 Å². The first-order chi connectivity index (χ1) is 11.5. The van der Waals surface area contributed by atoms with Gasteiger partial charge >= 0.3 is 5.97 Å².